The van der Waals surface area contributed by atoms with Gasteiger partial charge in [-0.2, -0.15) is 0 Å². The third-order valence-electron chi connectivity index (χ3n) is 2.90. The second-order valence-corrected chi connectivity index (χ2v) is 4.02. The normalized spacial score (nSPS) is 26.8. The lowest BCUT2D eigenvalue weighted by Gasteiger charge is -2.17. The summed E-state index contributed by atoms with van der Waals surface area (Å²) in [4.78, 5) is 0. The van der Waals surface area contributed by atoms with Crippen molar-refractivity contribution in [1.82, 2.24) is 0 Å². The van der Waals surface area contributed by atoms with Crippen LogP contribution in [0.25, 0.3) is 0 Å². The summed E-state index contributed by atoms with van der Waals surface area (Å²) < 4.78 is 0. The van der Waals surface area contributed by atoms with Crippen LogP contribution in [0.1, 0.15) is 46.5 Å². The predicted octanol–water partition coefficient (Wildman–Crippen LogP) is 3.78. The molecule has 2 atom stereocenters. The second kappa shape index (κ2) is 3.94. The van der Waals surface area contributed by atoms with Crippen molar-refractivity contribution in [3.8, 4) is 0 Å². The highest BCUT2D eigenvalue weighted by atomic mass is 14.2. The monoisotopic (exact) mass is 152 g/mol. The molecular formula is C11H20. The summed E-state index contributed by atoms with van der Waals surface area (Å²) in [6, 6.07) is 0. The zero-order valence-corrected chi connectivity index (χ0v) is 8.06. The van der Waals surface area contributed by atoms with E-state index in [1.165, 1.54) is 25.7 Å². The van der Waals surface area contributed by atoms with E-state index in [1.54, 1.807) is 5.57 Å². The van der Waals surface area contributed by atoms with Crippen LogP contribution >= 0.6 is 0 Å². The van der Waals surface area contributed by atoms with E-state index >= 15 is 0 Å². The van der Waals surface area contributed by atoms with Crippen molar-refractivity contribution in [3.63, 3.8) is 0 Å². The van der Waals surface area contributed by atoms with Crippen LogP contribution in [0.15, 0.2) is 11.6 Å². The van der Waals surface area contributed by atoms with Gasteiger partial charge in [-0.25, -0.2) is 0 Å². The van der Waals surface area contributed by atoms with Crippen molar-refractivity contribution < 1.29 is 0 Å². The van der Waals surface area contributed by atoms with Crippen LogP contribution in [0.2, 0.25) is 0 Å². The molecule has 0 spiro atoms. The summed E-state index contributed by atoms with van der Waals surface area (Å²) in [6.07, 6.45) is 7.87. The van der Waals surface area contributed by atoms with Gasteiger partial charge in [0.1, 0.15) is 0 Å². The molecule has 1 aliphatic rings. The van der Waals surface area contributed by atoms with Crippen molar-refractivity contribution in [3.05, 3.63) is 11.6 Å². The summed E-state index contributed by atoms with van der Waals surface area (Å²) in [7, 11) is 0. The Morgan fingerprint density at radius 2 is 2.36 bits per heavy atom. The molecule has 0 nitrogen and oxygen atoms in total. The van der Waals surface area contributed by atoms with Gasteiger partial charge in [-0.3, -0.25) is 0 Å². The first-order chi connectivity index (χ1) is 5.24. The van der Waals surface area contributed by atoms with Crippen molar-refractivity contribution in [2.75, 3.05) is 0 Å². The smallest absolute Gasteiger partial charge is 0.0289 e. The summed E-state index contributed by atoms with van der Waals surface area (Å²) in [6.45, 7) is 6.95. The zero-order valence-electron chi connectivity index (χ0n) is 8.06. The maximum absolute atomic E-state index is 2.41. The molecule has 0 aromatic rings. The lowest BCUT2D eigenvalue weighted by molar-refractivity contribution is 0.349. The Morgan fingerprint density at radius 3 is 2.82 bits per heavy atom. The molecule has 64 valence electrons. The van der Waals surface area contributed by atoms with Gasteiger partial charge in [0.25, 0.3) is 0 Å². The molecule has 1 aliphatic carbocycles. The molecule has 0 N–H and O–H groups in total. The number of hydrogen-bond donors (Lipinski definition) is 0. The van der Waals surface area contributed by atoms with E-state index in [2.05, 4.69) is 26.8 Å². The highest BCUT2D eigenvalue weighted by Crippen LogP contribution is 2.32. The summed E-state index contributed by atoms with van der Waals surface area (Å²) >= 11 is 0. The standard InChI is InChI=1S/C11H20/c1-4-5-10(3)11-7-6-9(2)8-11/h6,10-11H,4-5,7-8H2,1-3H3. The van der Waals surface area contributed by atoms with Gasteiger partial charge < -0.3 is 0 Å². The van der Waals surface area contributed by atoms with Crippen LogP contribution in [-0.2, 0) is 0 Å². The lowest BCUT2D eigenvalue weighted by Crippen LogP contribution is -2.07. The predicted molar refractivity (Wildman–Crippen MR) is 50.6 cm³/mol. The Kier molecular flexibility index (Phi) is 3.16. The number of rotatable bonds is 3. The SMILES string of the molecule is CCCC(C)C1CC=C(C)C1. The quantitative estimate of drug-likeness (QED) is 0.540. The fourth-order valence-corrected chi connectivity index (χ4v) is 2.06. The molecular weight excluding hydrogens is 132 g/mol. The molecule has 0 heteroatoms. The van der Waals surface area contributed by atoms with Crippen LogP contribution in [0.3, 0.4) is 0 Å². The molecule has 0 saturated carbocycles. The van der Waals surface area contributed by atoms with Gasteiger partial charge in [0, 0.05) is 0 Å². The van der Waals surface area contributed by atoms with Gasteiger partial charge in [-0.1, -0.05) is 38.3 Å². The average Bonchev–Trinajstić information content (AvgIpc) is 2.36. The van der Waals surface area contributed by atoms with Crippen molar-refractivity contribution in [2.45, 2.75) is 46.5 Å². The molecule has 2 unspecified atom stereocenters. The van der Waals surface area contributed by atoms with E-state index in [9.17, 15) is 0 Å². The third kappa shape index (κ3) is 2.36. The Bertz CT molecular complexity index is 144. The van der Waals surface area contributed by atoms with E-state index < -0.39 is 0 Å². The number of allylic oxidation sites excluding steroid dienone is 2. The minimum atomic E-state index is 0.939. The van der Waals surface area contributed by atoms with Crippen LogP contribution < -0.4 is 0 Å². The van der Waals surface area contributed by atoms with Gasteiger partial charge >= 0.3 is 0 Å². The van der Waals surface area contributed by atoms with Gasteiger partial charge in [0.2, 0.25) is 0 Å². The second-order valence-electron chi connectivity index (χ2n) is 4.02. The highest BCUT2D eigenvalue weighted by molar-refractivity contribution is 5.07. The zero-order chi connectivity index (χ0) is 8.27. The highest BCUT2D eigenvalue weighted by Gasteiger charge is 2.19. The molecule has 0 heterocycles. The molecule has 0 radical (unpaired) electrons. The van der Waals surface area contributed by atoms with Gasteiger partial charge in [0.15, 0.2) is 0 Å². The largest absolute Gasteiger partial charge is 0.0853 e. The Hall–Kier alpha value is -0.260. The molecule has 0 saturated heterocycles. The summed E-state index contributed by atoms with van der Waals surface area (Å²) in [5.41, 5.74) is 1.61. The molecule has 11 heavy (non-hydrogen) atoms. The van der Waals surface area contributed by atoms with E-state index in [0.717, 1.165) is 11.8 Å². The van der Waals surface area contributed by atoms with E-state index in [-0.39, 0.29) is 0 Å². The molecule has 0 aromatic heterocycles. The van der Waals surface area contributed by atoms with Crippen molar-refractivity contribution >= 4 is 0 Å². The maximum atomic E-state index is 2.41. The van der Waals surface area contributed by atoms with Gasteiger partial charge in [-0.15, -0.1) is 0 Å². The molecule has 0 fully saturated rings. The molecule has 0 aliphatic heterocycles. The number of hydrogen-bond acceptors (Lipinski definition) is 0. The molecule has 1 rings (SSSR count). The van der Waals surface area contributed by atoms with Crippen LogP contribution in [-0.4, -0.2) is 0 Å². The first-order valence-electron chi connectivity index (χ1n) is 4.89. The van der Waals surface area contributed by atoms with Crippen molar-refractivity contribution in [2.24, 2.45) is 11.8 Å². The lowest BCUT2D eigenvalue weighted by atomic mass is 9.88. The first kappa shape index (κ1) is 8.83. The van der Waals surface area contributed by atoms with Gasteiger partial charge in [0.05, 0.1) is 0 Å². The van der Waals surface area contributed by atoms with Crippen molar-refractivity contribution in [1.29, 1.82) is 0 Å². The minimum absolute atomic E-state index is 0.939. The maximum Gasteiger partial charge on any atom is -0.0289 e. The molecule has 0 aromatic carbocycles. The molecule has 0 bridgehead atoms. The summed E-state index contributed by atoms with van der Waals surface area (Å²) in [5.74, 6) is 1.91. The van der Waals surface area contributed by atoms with E-state index in [0.29, 0.717) is 0 Å². The van der Waals surface area contributed by atoms with Gasteiger partial charge in [-0.05, 0) is 31.6 Å². The topological polar surface area (TPSA) is 0 Å². The fourth-order valence-electron chi connectivity index (χ4n) is 2.06. The summed E-state index contributed by atoms with van der Waals surface area (Å²) in [5, 5.41) is 0. The first-order valence-corrected chi connectivity index (χ1v) is 4.89. The fraction of sp³-hybridized carbons (Fsp3) is 0.818. The molecule has 0 amide bonds. The van der Waals surface area contributed by atoms with Crippen LogP contribution in [0.5, 0.6) is 0 Å². The van der Waals surface area contributed by atoms with E-state index in [1.807, 2.05) is 0 Å². The minimum Gasteiger partial charge on any atom is -0.0853 e. The van der Waals surface area contributed by atoms with Crippen LogP contribution in [0, 0.1) is 11.8 Å². The third-order valence-corrected chi connectivity index (χ3v) is 2.90. The Balaban J connectivity index is 2.28. The average molecular weight is 152 g/mol. The Labute approximate surface area is 70.7 Å². The Morgan fingerprint density at radius 1 is 1.64 bits per heavy atom. The van der Waals surface area contributed by atoms with E-state index in [4.69, 9.17) is 0 Å². The van der Waals surface area contributed by atoms with Crippen LogP contribution in [0.4, 0.5) is 0 Å².